The summed E-state index contributed by atoms with van der Waals surface area (Å²) in [5.41, 5.74) is -0.515. The van der Waals surface area contributed by atoms with Crippen LogP contribution in [0.1, 0.15) is 6.92 Å². The van der Waals surface area contributed by atoms with Crippen LogP contribution in [0.15, 0.2) is 33.5 Å². The lowest BCUT2D eigenvalue weighted by Gasteiger charge is -2.12. The molecule has 22 heavy (non-hydrogen) atoms. The Morgan fingerprint density at radius 1 is 1.27 bits per heavy atom. The molecule has 0 aliphatic carbocycles. The monoisotopic (exact) mass is 367 g/mol. The number of rotatable bonds is 3. The molecule has 0 N–H and O–H groups in total. The van der Waals surface area contributed by atoms with E-state index in [-0.39, 0.29) is 29.2 Å². The highest BCUT2D eigenvalue weighted by Gasteiger charge is 2.17. The number of hydrogen-bond donors (Lipinski definition) is 0. The Morgan fingerprint density at radius 3 is 2.50 bits per heavy atom. The second-order valence-electron chi connectivity index (χ2n) is 4.41. The molecule has 1 heterocycles. The minimum absolute atomic E-state index is 0.0450. The van der Waals surface area contributed by atoms with Crippen LogP contribution in [0.5, 0.6) is 5.75 Å². The zero-order valence-corrected chi connectivity index (χ0v) is 13.5. The highest BCUT2D eigenvalue weighted by molar-refractivity contribution is 9.10. The smallest absolute Gasteiger partial charge is 0.265 e. The highest BCUT2D eigenvalue weighted by Crippen LogP contribution is 2.29. The van der Waals surface area contributed by atoms with Crippen molar-refractivity contribution in [1.29, 1.82) is 0 Å². The summed E-state index contributed by atoms with van der Waals surface area (Å²) in [5.74, 6) is 3.68. The van der Waals surface area contributed by atoms with Gasteiger partial charge in [0.25, 0.3) is 5.56 Å². The maximum absolute atomic E-state index is 14.2. The first-order valence-corrected chi connectivity index (χ1v) is 7.12. The average molecular weight is 368 g/mol. The number of halogens is 3. The fourth-order valence-corrected chi connectivity index (χ4v) is 2.32. The Hall–Kier alpha value is -2.13. The highest BCUT2D eigenvalue weighted by atomic mass is 79.9. The molecule has 114 valence electrons. The van der Waals surface area contributed by atoms with Gasteiger partial charge in [0.15, 0.2) is 0 Å². The lowest BCUT2D eigenvalue weighted by molar-refractivity contribution is 0.365. The average Bonchev–Trinajstić information content (AvgIpc) is 2.47. The summed E-state index contributed by atoms with van der Waals surface area (Å²) in [7, 11) is 1.45. The summed E-state index contributed by atoms with van der Waals surface area (Å²) >= 11 is 3.08. The van der Waals surface area contributed by atoms with Crippen molar-refractivity contribution in [1.82, 2.24) is 4.57 Å². The van der Waals surface area contributed by atoms with Crippen LogP contribution < -0.4 is 10.3 Å². The molecule has 0 spiro atoms. The van der Waals surface area contributed by atoms with E-state index >= 15 is 0 Å². The van der Waals surface area contributed by atoms with Crippen LogP contribution in [0, 0.1) is 23.5 Å². The van der Waals surface area contributed by atoms with Gasteiger partial charge in [0.05, 0.1) is 15.7 Å². The maximum Gasteiger partial charge on any atom is 0.265 e. The first-order valence-electron chi connectivity index (χ1n) is 6.33. The van der Waals surface area contributed by atoms with E-state index in [4.69, 9.17) is 4.74 Å². The van der Waals surface area contributed by atoms with Crippen molar-refractivity contribution in [2.75, 3.05) is 6.61 Å². The topological polar surface area (TPSA) is 31.2 Å². The third kappa shape index (κ3) is 3.20. The molecule has 0 amide bonds. The maximum atomic E-state index is 14.2. The number of hydrogen-bond acceptors (Lipinski definition) is 2. The number of nitrogens with zero attached hydrogens (tertiary/aromatic N) is 1. The first-order chi connectivity index (χ1) is 10.5. The molecule has 6 heteroatoms. The van der Waals surface area contributed by atoms with Crippen LogP contribution in [0.2, 0.25) is 0 Å². The minimum Gasteiger partial charge on any atom is -0.481 e. The van der Waals surface area contributed by atoms with Gasteiger partial charge >= 0.3 is 0 Å². The molecule has 1 aromatic carbocycles. The molecule has 0 saturated carbocycles. The van der Waals surface area contributed by atoms with Crippen molar-refractivity contribution in [3.05, 3.63) is 50.7 Å². The largest absolute Gasteiger partial charge is 0.481 e. The van der Waals surface area contributed by atoms with E-state index in [1.807, 2.05) is 0 Å². The fourth-order valence-electron chi connectivity index (χ4n) is 1.93. The van der Waals surface area contributed by atoms with E-state index in [1.165, 1.54) is 23.7 Å². The van der Waals surface area contributed by atoms with E-state index < -0.39 is 11.6 Å². The van der Waals surface area contributed by atoms with Gasteiger partial charge in [-0.25, -0.2) is 8.78 Å². The summed E-state index contributed by atoms with van der Waals surface area (Å²) in [6.45, 7) is 1.69. The van der Waals surface area contributed by atoms with E-state index in [1.54, 1.807) is 6.92 Å². The lowest BCUT2D eigenvalue weighted by atomic mass is 10.1. The Labute approximate surface area is 134 Å². The summed E-state index contributed by atoms with van der Waals surface area (Å²) in [5, 5.41) is 0. The molecule has 0 aliphatic rings. The summed E-state index contributed by atoms with van der Waals surface area (Å²) < 4.78 is 35.1. The van der Waals surface area contributed by atoms with Crippen LogP contribution in [0.4, 0.5) is 8.78 Å². The fraction of sp³-hybridized carbons (Fsp3) is 0.188. The van der Waals surface area contributed by atoms with Crippen LogP contribution in [-0.4, -0.2) is 11.2 Å². The Bertz CT molecular complexity index is 811. The molecular formula is C16H12BrF2NO2. The Kier molecular flexibility index (Phi) is 4.99. The molecule has 2 rings (SSSR count). The number of pyridine rings is 1. The number of benzene rings is 1. The first kappa shape index (κ1) is 16.2. The SMILES string of the molecule is CC#CCOc1cc(F)c(-c2ccc(Br)c(=O)n2C)c(F)c1. The predicted molar refractivity (Wildman–Crippen MR) is 83.7 cm³/mol. The van der Waals surface area contributed by atoms with Gasteiger partial charge < -0.3 is 9.30 Å². The van der Waals surface area contributed by atoms with Gasteiger partial charge in [0, 0.05) is 19.2 Å². The van der Waals surface area contributed by atoms with Crippen molar-refractivity contribution in [3.8, 4) is 28.8 Å². The summed E-state index contributed by atoms with van der Waals surface area (Å²) in [6, 6.07) is 5.07. The van der Waals surface area contributed by atoms with Crippen molar-refractivity contribution in [2.45, 2.75) is 6.92 Å². The molecule has 0 saturated heterocycles. The van der Waals surface area contributed by atoms with Crippen molar-refractivity contribution >= 4 is 15.9 Å². The second-order valence-corrected chi connectivity index (χ2v) is 5.26. The van der Waals surface area contributed by atoms with Crippen LogP contribution in [-0.2, 0) is 7.05 Å². The van der Waals surface area contributed by atoms with E-state index in [0.717, 1.165) is 12.1 Å². The van der Waals surface area contributed by atoms with Gasteiger partial charge in [-0.1, -0.05) is 5.92 Å². The predicted octanol–water partition coefficient (Wildman–Crippen LogP) is 3.50. The van der Waals surface area contributed by atoms with Crippen LogP contribution in [0.25, 0.3) is 11.3 Å². The summed E-state index contributed by atoms with van der Waals surface area (Å²) in [4.78, 5) is 11.9. The zero-order valence-electron chi connectivity index (χ0n) is 11.9. The van der Waals surface area contributed by atoms with Gasteiger partial charge in [0.2, 0.25) is 0 Å². The number of ether oxygens (including phenoxy) is 1. The van der Waals surface area contributed by atoms with Gasteiger partial charge in [-0.05, 0) is 35.0 Å². The Morgan fingerprint density at radius 2 is 1.91 bits per heavy atom. The molecule has 0 fully saturated rings. The zero-order chi connectivity index (χ0) is 16.3. The van der Waals surface area contributed by atoms with Gasteiger partial charge in [-0.3, -0.25) is 4.79 Å². The van der Waals surface area contributed by atoms with Crippen molar-refractivity contribution in [2.24, 2.45) is 7.05 Å². The van der Waals surface area contributed by atoms with Crippen LogP contribution >= 0.6 is 15.9 Å². The standard InChI is InChI=1S/C16H12BrF2NO2/c1-3-4-7-22-10-8-12(18)15(13(19)9-10)14-6-5-11(17)16(21)20(14)2/h5-6,8-9H,7H2,1-2H3. The second kappa shape index (κ2) is 6.75. The van der Waals surface area contributed by atoms with E-state index in [9.17, 15) is 13.6 Å². The minimum atomic E-state index is -0.809. The quantitative estimate of drug-likeness (QED) is 0.777. The van der Waals surface area contributed by atoms with Crippen molar-refractivity contribution < 1.29 is 13.5 Å². The third-order valence-corrected chi connectivity index (χ3v) is 3.62. The Balaban J connectivity index is 2.51. The third-order valence-electron chi connectivity index (χ3n) is 3.02. The molecular weight excluding hydrogens is 356 g/mol. The lowest BCUT2D eigenvalue weighted by Crippen LogP contribution is -2.19. The number of aromatic nitrogens is 1. The van der Waals surface area contributed by atoms with Crippen molar-refractivity contribution in [3.63, 3.8) is 0 Å². The van der Waals surface area contributed by atoms with Crippen LogP contribution in [0.3, 0.4) is 0 Å². The normalized spacial score (nSPS) is 10.0. The molecule has 0 bridgehead atoms. The molecule has 3 nitrogen and oxygen atoms in total. The molecule has 2 aromatic rings. The van der Waals surface area contributed by atoms with Gasteiger partial charge in [-0.2, -0.15) is 0 Å². The van der Waals surface area contributed by atoms with E-state index in [0.29, 0.717) is 4.47 Å². The van der Waals surface area contributed by atoms with Gasteiger partial charge in [0.1, 0.15) is 24.0 Å². The molecule has 0 aliphatic heterocycles. The van der Waals surface area contributed by atoms with Gasteiger partial charge in [-0.15, -0.1) is 5.92 Å². The van der Waals surface area contributed by atoms with E-state index in [2.05, 4.69) is 27.8 Å². The molecule has 0 unspecified atom stereocenters. The molecule has 0 radical (unpaired) electrons. The summed E-state index contributed by atoms with van der Waals surface area (Å²) in [6.07, 6.45) is 0. The molecule has 1 aromatic heterocycles. The molecule has 0 atom stereocenters.